The van der Waals surface area contributed by atoms with E-state index in [1.54, 1.807) is 19.1 Å². The van der Waals surface area contributed by atoms with E-state index >= 15 is 0 Å². The number of nitrogens with one attached hydrogen (secondary N) is 1. The Morgan fingerprint density at radius 3 is 3.00 bits per heavy atom. The first-order chi connectivity index (χ1) is 10.1. The fraction of sp³-hybridized carbons (Fsp3) is 0.562. The summed E-state index contributed by atoms with van der Waals surface area (Å²) in [6, 6.07) is 5.88. The van der Waals surface area contributed by atoms with Crippen LogP contribution in [0.5, 0.6) is 5.75 Å². The van der Waals surface area contributed by atoms with Crippen molar-refractivity contribution in [3.63, 3.8) is 0 Å². The van der Waals surface area contributed by atoms with Crippen LogP contribution in [-0.4, -0.2) is 43.6 Å². The average Bonchev–Trinajstić information content (AvgIpc) is 2.47. The highest BCUT2D eigenvalue weighted by Crippen LogP contribution is 2.19. The number of carbonyl (C=O) groups is 1. The minimum absolute atomic E-state index is 0. The van der Waals surface area contributed by atoms with Gasteiger partial charge in [-0.2, -0.15) is 0 Å². The van der Waals surface area contributed by atoms with E-state index < -0.39 is 6.10 Å². The quantitative estimate of drug-likeness (QED) is 0.901. The van der Waals surface area contributed by atoms with Crippen LogP contribution in [-0.2, 0) is 4.79 Å². The lowest BCUT2D eigenvalue weighted by atomic mass is 9.97. The zero-order chi connectivity index (χ0) is 15.2. The van der Waals surface area contributed by atoms with Crippen molar-refractivity contribution < 1.29 is 13.9 Å². The summed E-state index contributed by atoms with van der Waals surface area (Å²) in [4.78, 5) is 14.3. The first kappa shape index (κ1) is 18.7. The van der Waals surface area contributed by atoms with E-state index in [1.165, 1.54) is 12.1 Å². The highest BCUT2D eigenvalue weighted by atomic mass is 35.5. The van der Waals surface area contributed by atoms with Crippen LogP contribution in [0.15, 0.2) is 24.3 Å². The number of amides is 1. The summed E-state index contributed by atoms with van der Waals surface area (Å²) in [6.45, 7) is 4.17. The Balaban J connectivity index is 0.00000242. The van der Waals surface area contributed by atoms with Gasteiger partial charge in [-0.15, -0.1) is 12.4 Å². The summed E-state index contributed by atoms with van der Waals surface area (Å²) >= 11 is 0. The molecular weight excluding hydrogens is 307 g/mol. The van der Waals surface area contributed by atoms with Crippen molar-refractivity contribution in [3.05, 3.63) is 30.1 Å². The molecule has 1 amide bonds. The summed E-state index contributed by atoms with van der Waals surface area (Å²) in [5.41, 5.74) is 0. The van der Waals surface area contributed by atoms with E-state index in [1.807, 2.05) is 11.9 Å². The summed E-state index contributed by atoms with van der Waals surface area (Å²) in [5, 5.41) is 3.16. The number of hydrogen-bond donors (Lipinski definition) is 1. The number of carbonyl (C=O) groups excluding carboxylic acids is 1. The first-order valence-corrected chi connectivity index (χ1v) is 7.45. The second-order valence-corrected chi connectivity index (χ2v) is 5.57. The third-order valence-corrected chi connectivity index (χ3v) is 3.78. The van der Waals surface area contributed by atoms with Gasteiger partial charge in [-0.05, 0) is 51.4 Å². The zero-order valence-corrected chi connectivity index (χ0v) is 13.9. The topological polar surface area (TPSA) is 41.6 Å². The molecule has 1 aliphatic heterocycles. The number of likely N-dealkylation sites (tertiary alicyclic amines) is 1. The van der Waals surface area contributed by atoms with Gasteiger partial charge in [-0.3, -0.25) is 4.79 Å². The van der Waals surface area contributed by atoms with Crippen molar-refractivity contribution in [1.29, 1.82) is 0 Å². The zero-order valence-electron chi connectivity index (χ0n) is 13.0. The molecule has 0 saturated carbocycles. The Morgan fingerprint density at radius 2 is 2.32 bits per heavy atom. The van der Waals surface area contributed by atoms with Gasteiger partial charge in [-0.1, -0.05) is 6.07 Å². The van der Waals surface area contributed by atoms with Crippen molar-refractivity contribution in [2.24, 2.45) is 5.92 Å². The number of benzene rings is 1. The number of nitrogens with zero attached hydrogens (tertiary/aromatic N) is 1. The highest BCUT2D eigenvalue weighted by Gasteiger charge is 2.27. The molecule has 6 heteroatoms. The third-order valence-electron chi connectivity index (χ3n) is 3.78. The van der Waals surface area contributed by atoms with E-state index in [0.29, 0.717) is 11.7 Å². The molecule has 0 spiro atoms. The minimum atomic E-state index is -0.597. The van der Waals surface area contributed by atoms with Crippen LogP contribution >= 0.6 is 12.4 Å². The first-order valence-electron chi connectivity index (χ1n) is 7.45. The maximum Gasteiger partial charge on any atom is 0.263 e. The van der Waals surface area contributed by atoms with E-state index in [-0.39, 0.29) is 24.1 Å². The number of ether oxygens (including phenoxy) is 1. The van der Waals surface area contributed by atoms with E-state index in [9.17, 15) is 9.18 Å². The normalized spacial score (nSPS) is 19.2. The molecule has 22 heavy (non-hydrogen) atoms. The molecule has 0 aliphatic carbocycles. The fourth-order valence-electron chi connectivity index (χ4n) is 2.77. The van der Waals surface area contributed by atoms with Crippen LogP contribution in [0.25, 0.3) is 0 Å². The SMILES string of the molecule is CNCC1CCCN(C(=O)C(C)Oc2cccc(F)c2)C1.Cl. The van der Waals surface area contributed by atoms with Crippen molar-refractivity contribution in [3.8, 4) is 5.75 Å². The van der Waals surface area contributed by atoms with Gasteiger partial charge >= 0.3 is 0 Å². The van der Waals surface area contributed by atoms with Crippen molar-refractivity contribution in [2.45, 2.75) is 25.9 Å². The van der Waals surface area contributed by atoms with E-state index in [4.69, 9.17) is 4.74 Å². The fourth-order valence-corrected chi connectivity index (χ4v) is 2.77. The number of hydrogen-bond acceptors (Lipinski definition) is 3. The van der Waals surface area contributed by atoms with Crippen molar-refractivity contribution in [1.82, 2.24) is 10.2 Å². The molecule has 1 saturated heterocycles. The van der Waals surface area contributed by atoms with Crippen LogP contribution in [0.4, 0.5) is 4.39 Å². The monoisotopic (exact) mass is 330 g/mol. The van der Waals surface area contributed by atoms with Crippen molar-refractivity contribution in [2.75, 3.05) is 26.7 Å². The minimum Gasteiger partial charge on any atom is -0.481 e. The average molecular weight is 331 g/mol. The Labute approximate surface area is 137 Å². The van der Waals surface area contributed by atoms with Gasteiger partial charge in [0.05, 0.1) is 0 Å². The van der Waals surface area contributed by atoms with Gasteiger partial charge in [0, 0.05) is 19.2 Å². The maximum absolute atomic E-state index is 13.1. The molecule has 1 fully saturated rings. The molecule has 1 aromatic rings. The lowest BCUT2D eigenvalue weighted by Crippen LogP contribution is -2.47. The summed E-state index contributed by atoms with van der Waals surface area (Å²) in [5.74, 6) is 0.493. The Morgan fingerprint density at radius 1 is 1.55 bits per heavy atom. The number of piperidine rings is 1. The van der Waals surface area contributed by atoms with Crippen LogP contribution in [0.1, 0.15) is 19.8 Å². The van der Waals surface area contributed by atoms with E-state index in [0.717, 1.165) is 32.5 Å². The molecule has 1 N–H and O–H groups in total. The summed E-state index contributed by atoms with van der Waals surface area (Å²) < 4.78 is 18.7. The van der Waals surface area contributed by atoms with Crippen LogP contribution in [0, 0.1) is 11.7 Å². The van der Waals surface area contributed by atoms with E-state index in [2.05, 4.69) is 5.32 Å². The molecule has 2 atom stereocenters. The Kier molecular flexibility index (Phi) is 7.62. The molecule has 124 valence electrons. The van der Waals surface area contributed by atoms with Gasteiger partial charge in [-0.25, -0.2) is 4.39 Å². The second kappa shape index (κ2) is 8.96. The van der Waals surface area contributed by atoms with Crippen molar-refractivity contribution >= 4 is 18.3 Å². The lowest BCUT2D eigenvalue weighted by Gasteiger charge is -2.34. The third kappa shape index (κ3) is 5.14. The predicted octanol–water partition coefficient (Wildman–Crippen LogP) is 2.47. The maximum atomic E-state index is 13.1. The molecular formula is C16H24ClFN2O2. The van der Waals surface area contributed by atoms with Gasteiger partial charge in [0.2, 0.25) is 0 Å². The Bertz CT molecular complexity index is 485. The summed E-state index contributed by atoms with van der Waals surface area (Å²) in [6.07, 6.45) is 1.56. The second-order valence-electron chi connectivity index (χ2n) is 5.57. The molecule has 0 bridgehead atoms. The number of halogens is 2. The molecule has 2 rings (SSSR count). The van der Waals surface area contributed by atoms with Gasteiger partial charge in [0.15, 0.2) is 6.10 Å². The number of rotatable bonds is 5. The van der Waals surface area contributed by atoms with Crippen LogP contribution in [0.3, 0.4) is 0 Å². The van der Waals surface area contributed by atoms with Gasteiger partial charge < -0.3 is 15.0 Å². The highest BCUT2D eigenvalue weighted by molar-refractivity contribution is 5.85. The lowest BCUT2D eigenvalue weighted by molar-refractivity contribution is -0.139. The van der Waals surface area contributed by atoms with Gasteiger partial charge in [0.1, 0.15) is 11.6 Å². The standard InChI is InChI=1S/C16H23FN2O2.ClH/c1-12(21-15-7-3-6-14(17)9-15)16(20)19-8-4-5-13(11-19)10-18-2;/h3,6-7,9,12-13,18H,4-5,8,10-11H2,1-2H3;1H. The smallest absolute Gasteiger partial charge is 0.263 e. The van der Waals surface area contributed by atoms with Crippen LogP contribution < -0.4 is 10.1 Å². The molecule has 4 nitrogen and oxygen atoms in total. The van der Waals surface area contributed by atoms with Gasteiger partial charge in [0.25, 0.3) is 5.91 Å². The largest absolute Gasteiger partial charge is 0.481 e. The predicted molar refractivity (Wildman–Crippen MR) is 87.0 cm³/mol. The summed E-state index contributed by atoms with van der Waals surface area (Å²) in [7, 11) is 1.93. The molecule has 1 aromatic carbocycles. The molecule has 0 aromatic heterocycles. The molecule has 1 aliphatic rings. The molecule has 2 unspecified atom stereocenters. The Hall–Kier alpha value is -1.33. The molecule has 0 radical (unpaired) electrons. The molecule has 1 heterocycles. The van der Waals surface area contributed by atoms with Crippen LogP contribution in [0.2, 0.25) is 0 Å².